The van der Waals surface area contributed by atoms with Gasteiger partial charge in [-0.1, -0.05) is 0 Å². The fraction of sp³-hybridized carbons (Fsp3) is 0.429. The molecule has 1 heterocycles. The molecule has 6 nitrogen and oxygen atoms in total. The molecule has 174 valence electrons. The minimum atomic E-state index is -4.01. The number of nitrogens with one attached hydrogen (secondary N) is 3. The summed E-state index contributed by atoms with van der Waals surface area (Å²) in [4.78, 5) is 0. The molecule has 3 N–H and O–H groups in total. The Labute approximate surface area is 199 Å². The van der Waals surface area contributed by atoms with Crippen LogP contribution in [0.1, 0.15) is 25.7 Å². The van der Waals surface area contributed by atoms with Gasteiger partial charge in [0.2, 0.25) is 0 Å². The van der Waals surface area contributed by atoms with Gasteiger partial charge in [-0.05, 0) is 91.1 Å². The van der Waals surface area contributed by atoms with E-state index < -0.39 is 33.3 Å². The average molecular weight is 580 g/mol. The SMILES string of the molecule is O=S(=O)(Nc1ccc(F)c(F)c1Nc1ccc(I)cc1F)N1CCC(NCC2CC2)CC1. The van der Waals surface area contributed by atoms with Crippen LogP contribution in [0.25, 0.3) is 0 Å². The van der Waals surface area contributed by atoms with Gasteiger partial charge in [0, 0.05) is 22.7 Å². The number of hydrogen-bond acceptors (Lipinski definition) is 4. The summed E-state index contributed by atoms with van der Waals surface area (Å²) < 4.78 is 72.8. The minimum absolute atomic E-state index is 0.0992. The van der Waals surface area contributed by atoms with Crippen LogP contribution in [0.5, 0.6) is 0 Å². The third kappa shape index (κ3) is 5.67. The molecule has 1 saturated carbocycles. The van der Waals surface area contributed by atoms with Crippen molar-refractivity contribution in [2.75, 3.05) is 29.7 Å². The summed E-state index contributed by atoms with van der Waals surface area (Å²) in [6, 6.07) is 6.41. The van der Waals surface area contributed by atoms with E-state index in [9.17, 15) is 21.6 Å². The third-order valence-corrected chi connectivity index (χ3v) is 7.90. The molecule has 32 heavy (non-hydrogen) atoms. The molecular weight excluding hydrogens is 556 g/mol. The van der Waals surface area contributed by atoms with E-state index in [4.69, 9.17) is 0 Å². The van der Waals surface area contributed by atoms with Gasteiger partial charge in [0.1, 0.15) is 11.5 Å². The molecule has 0 atom stereocenters. The van der Waals surface area contributed by atoms with E-state index in [1.165, 1.54) is 29.3 Å². The van der Waals surface area contributed by atoms with Crippen LogP contribution in [-0.4, -0.2) is 38.4 Å². The number of hydrogen-bond donors (Lipinski definition) is 3. The van der Waals surface area contributed by atoms with Crippen LogP contribution < -0.4 is 15.4 Å². The number of anilines is 3. The highest BCUT2D eigenvalue weighted by atomic mass is 127. The Bertz CT molecular complexity index is 1090. The first-order valence-corrected chi connectivity index (χ1v) is 13.0. The van der Waals surface area contributed by atoms with Crippen LogP contribution in [0.4, 0.5) is 30.2 Å². The van der Waals surface area contributed by atoms with E-state index in [1.807, 2.05) is 22.6 Å². The lowest BCUT2D eigenvalue weighted by Gasteiger charge is -2.32. The lowest BCUT2D eigenvalue weighted by molar-refractivity contribution is 0.289. The van der Waals surface area contributed by atoms with E-state index in [2.05, 4.69) is 15.4 Å². The Morgan fingerprint density at radius 3 is 2.31 bits per heavy atom. The van der Waals surface area contributed by atoms with Crippen molar-refractivity contribution in [2.45, 2.75) is 31.7 Å². The van der Waals surface area contributed by atoms with E-state index >= 15 is 0 Å². The van der Waals surface area contributed by atoms with Crippen molar-refractivity contribution in [1.29, 1.82) is 0 Å². The molecule has 0 unspecified atom stereocenters. The zero-order valence-corrected chi connectivity index (χ0v) is 20.1. The van der Waals surface area contributed by atoms with Crippen LogP contribution in [0.2, 0.25) is 0 Å². The van der Waals surface area contributed by atoms with Crippen LogP contribution in [-0.2, 0) is 10.2 Å². The molecule has 2 aromatic carbocycles. The van der Waals surface area contributed by atoms with Gasteiger partial charge in [0.05, 0.1) is 11.4 Å². The van der Waals surface area contributed by atoms with E-state index in [-0.39, 0.29) is 17.4 Å². The molecule has 1 aliphatic carbocycles. The van der Waals surface area contributed by atoms with Crippen LogP contribution in [0.15, 0.2) is 30.3 Å². The maximum Gasteiger partial charge on any atom is 0.301 e. The number of halogens is 4. The van der Waals surface area contributed by atoms with Crippen molar-refractivity contribution in [3.63, 3.8) is 0 Å². The van der Waals surface area contributed by atoms with Crippen LogP contribution in [0.3, 0.4) is 0 Å². The second-order valence-electron chi connectivity index (χ2n) is 8.17. The van der Waals surface area contributed by atoms with Crippen molar-refractivity contribution in [3.05, 3.63) is 51.4 Å². The fourth-order valence-electron chi connectivity index (χ4n) is 3.64. The molecule has 11 heteroatoms. The molecule has 0 spiro atoms. The van der Waals surface area contributed by atoms with Crippen molar-refractivity contribution in [2.24, 2.45) is 5.92 Å². The quantitative estimate of drug-likeness (QED) is 0.400. The van der Waals surface area contributed by atoms with Gasteiger partial charge >= 0.3 is 10.2 Å². The standard InChI is InChI=1S/C21H24F3IN4O2S/c22-16-4-6-19(21(20(16)24)27-18-5-3-14(25)11-17(18)23)28-32(30,31)29-9-7-15(8-10-29)26-12-13-1-2-13/h3-6,11,13,15,26-28H,1-2,7-10,12H2. The molecule has 0 radical (unpaired) electrons. The molecule has 4 rings (SSSR count). The van der Waals surface area contributed by atoms with E-state index in [0.29, 0.717) is 29.5 Å². The first-order chi connectivity index (χ1) is 15.2. The Morgan fingerprint density at radius 1 is 0.969 bits per heavy atom. The Balaban J connectivity index is 1.48. The Kier molecular flexibility index (Phi) is 7.18. The predicted molar refractivity (Wildman–Crippen MR) is 127 cm³/mol. The highest BCUT2D eigenvalue weighted by Crippen LogP contribution is 2.33. The molecule has 0 bridgehead atoms. The van der Waals surface area contributed by atoms with Gasteiger partial charge in [-0.15, -0.1) is 0 Å². The maximum absolute atomic E-state index is 14.6. The molecule has 0 aromatic heterocycles. The second kappa shape index (κ2) is 9.74. The topological polar surface area (TPSA) is 73.5 Å². The third-order valence-electron chi connectivity index (χ3n) is 5.71. The van der Waals surface area contributed by atoms with Gasteiger partial charge in [-0.2, -0.15) is 12.7 Å². The highest BCUT2D eigenvalue weighted by molar-refractivity contribution is 14.1. The zero-order valence-electron chi connectivity index (χ0n) is 17.2. The smallest absolute Gasteiger partial charge is 0.301 e. The summed E-state index contributed by atoms with van der Waals surface area (Å²) in [6.45, 7) is 1.60. The highest BCUT2D eigenvalue weighted by Gasteiger charge is 2.30. The Morgan fingerprint density at radius 2 is 1.66 bits per heavy atom. The number of nitrogens with zero attached hydrogens (tertiary/aromatic N) is 1. The van der Waals surface area contributed by atoms with Crippen molar-refractivity contribution < 1.29 is 21.6 Å². The summed E-state index contributed by atoms with van der Waals surface area (Å²) in [5, 5.41) is 5.98. The molecular formula is C21H24F3IN4O2S. The van der Waals surface area contributed by atoms with Crippen molar-refractivity contribution in [3.8, 4) is 0 Å². The summed E-state index contributed by atoms with van der Waals surface area (Å²) in [7, 11) is -4.01. The fourth-order valence-corrected chi connectivity index (χ4v) is 5.36. The lowest BCUT2D eigenvalue weighted by Crippen LogP contribution is -2.47. The number of benzene rings is 2. The molecule has 1 saturated heterocycles. The van der Waals surface area contributed by atoms with Gasteiger partial charge in [-0.25, -0.2) is 13.2 Å². The summed E-state index contributed by atoms with van der Waals surface area (Å²) in [6.07, 6.45) is 3.84. The number of rotatable bonds is 8. The molecule has 0 amide bonds. The Hall–Kier alpha value is -1.57. The largest absolute Gasteiger partial charge is 0.349 e. The summed E-state index contributed by atoms with van der Waals surface area (Å²) in [5.41, 5.74) is -0.775. The average Bonchev–Trinajstić information content (AvgIpc) is 3.58. The first kappa shape index (κ1) is 23.6. The van der Waals surface area contributed by atoms with Gasteiger partial charge in [0.25, 0.3) is 0 Å². The van der Waals surface area contributed by atoms with Crippen molar-refractivity contribution >= 4 is 49.9 Å². The zero-order chi connectivity index (χ0) is 22.9. The maximum atomic E-state index is 14.6. The minimum Gasteiger partial charge on any atom is -0.349 e. The number of piperidine rings is 1. The molecule has 2 aliphatic rings. The molecule has 1 aliphatic heterocycles. The predicted octanol–water partition coefficient (Wildman–Crippen LogP) is 4.57. The second-order valence-corrected chi connectivity index (χ2v) is 11.1. The van der Waals surface area contributed by atoms with E-state index in [1.54, 1.807) is 6.07 Å². The summed E-state index contributed by atoms with van der Waals surface area (Å²) >= 11 is 1.92. The normalized spacial score (nSPS) is 18.0. The summed E-state index contributed by atoms with van der Waals surface area (Å²) in [5.74, 6) is -2.40. The van der Waals surface area contributed by atoms with Gasteiger partial charge < -0.3 is 10.6 Å². The van der Waals surface area contributed by atoms with Crippen molar-refractivity contribution in [1.82, 2.24) is 9.62 Å². The van der Waals surface area contributed by atoms with Crippen LogP contribution >= 0.6 is 22.6 Å². The molecule has 2 aromatic rings. The molecule has 2 fully saturated rings. The van der Waals surface area contributed by atoms with Crippen LogP contribution in [0, 0.1) is 26.9 Å². The monoisotopic (exact) mass is 580 g/mol. The van der Waals surface area contributed by atoms with Gasteiger partial charge in [0.15, 0.2) is 11.6 Å². The van der Waals surface area contributed by atoms with Gasteiger partial charge in [-0.3, -0.25) is 4.72 Å². The van der Waals surface area contributed by atoms with E-state index in [0.717, 1.165) is 24.6 Å². The first-order valence-electron chi connectivity index (χ1n) is 10.4. The lowest BCUT2D eigenvalue weighted by atomic mass is 10.1.